The molecule has 0 aliphatic carbocycles. The van der Waals surface area contributed by atoms with Gasteiger partial charge >= 0.3 is 5.76 Å². The average molecular weight is 481 g/mol. The number of aliphatic hydroxyl groups is 1. The van der Waals surface area contributed by atoms with Crippen molar-refractivity contribution in [3.05, 3.63) is 59.7 Å². The van der Waals surface area contributed by atoms with Gasteiger partial charge in [-0.25, -0.2) is 8.42 Å². The lowest BCUT2D eigenvalue weighted by Crippen LogP contribution is -2.59. The molecule has 1 N–H and O–H groups in total. The SMILES string of the molecule is CC1(C)Oc2ccc(S(=O)(=O)C(F)F)cc2C(N2CCN(Cc3ccccc3)CC2=O)C1O. The molecule has 2 aromatic carbocycles. The number of fused-ring (bicyclic) bond motifs is 1. The van der Waals surface area contributed by atoms with Crippen molar-refractivity contribution in [3.63, 3.8) is 0 Å². The van der Waals surface area contributed by atoms with Crippen LogP contribution in [0.25, 0.3) is 0 Å². The Morgan fingerprint density at radius 1 is 1.15 bits per heavy atom. The van der Waals surface area contributed by atoms with Gasteiger partial charge < -0.3 is 14.7 Å². The molecule has 0 spiro atoms. The minimum atomic E-state index is -4.85. The number of ether oxygens (including phenoxy) is 1. The summed E-state index contributed by atoms with van der Waals surface area (Å²) in [4.78, 5) is 16.1. The van der Waals surface area contributed by atoms with Crippen LogP contribution in [0.15, 0.2) is 53.4 Å². The van der Waals surface area contributed by atoms with E-state index in [4.69, 9.17) is 4.74 Å². The van der Waals surface area contributed by atoms with Crippen LogP contribution in [0.1, 0.15) is 31.0 Å². The van der Waals surface area contributed by atoms with E-state index in [1.165, 1.54) is 11.0 Å². The summed E-state index contributed by atoms with van der Waals surface area (Å²) in [7, 11) is -4.85. The number of piperazine rings is 1. The van der Waals surface area contributed by atoms with E-state index in [1.807, 2.05) is 35.2 Å². The van der Waals surface area contributed by atoms with Gasteiger partial charge in [0, 0.05) is 25.2 Å². The summed E-state index contributed by atoms with van der Waals surface area (Å²) in [5.41, 5.74) is 0.189. The summed E-state index contributed by atoms with van der Waals surface area (Å²) in [6, 6.07) is 12.2. The third kappa shape index (κ3) is 4.47. The molecular weight excluding hydrogens is 454 g/mol. The first kappa shape index (κ1) is 23.6. The molecule has 1 fully saturated rings. The maximum Gasteiger partial charge on any atom is 0.341 e. The third-order valence-corrected chi connectivity index (χ3v) is 7.55. The van der Waals surface area contributed by atoms with E-state index in [9.17, 15) is 27.1 Å². The zero-order valence-electron chi connectivity index (χ0n) is 18.3. The molecule has 0 aromatic heterocycles. The summed E-state index contributed by atoms with van der Waals surface area (Å²) >= 11 is 0. The lowest BCUT2D eigenvalue weighted by atomic mass is 9.85. The van der Waals surface area contributed by atoms with E-state index in [0.29, 0.717) is 13.1 Å². The molecule has 0 bridgehead atoms. The molecule has 1 amide bonds. The lowest BCUT2D eigenvalue weighted by molar-refractivity contribution is -0.150. The maximum atomic E-state index is 13.1. The number of rotatable bonds is 5. The third-order valence-electron chi connectivity index (χ3n) is 6.17. The van der Waals surface area contributed by atoms with Gasteiger partial charge in [0.15, 0.2) is 0 Å². The van der Waals surface area contributed by atoms with Crippen molar-refractivity contribution in [2.75, 3.05) is 19.6 Å². The van der Waals surface area contributed by atoms with Crippen LogP contribution in [0, 0.1) is 0 Å². The Labute approximate surface area is 191 Å². The Morgan fingerprint density at radius 3 is 2.48 bits per heavy atom. The van der Waals surface area contributed by atoms with Crippen LogP contribution >= 0.6 is 0 Å². The van der Waals surface area contributed by atoms with E-state index in [0.717, 1.165) is 17.7 Å². The monoisotopic (exact) mass is 480 g/mol. The van der Waals surface area contributed by atoms with Crippen LogP contribution in [0.5, 0.6) is 5.75 Å². The molecule has 7 nitrogen and oxygen atoms in total. The first-order valence-corrected chi connectivity index (χ1v) is 12.1. The number of carbonyl (C=O) groups excluding carboxylic acids is 1. The molecule has 178 valence electrons. The zero-order valence-corrected chi connectivity index (χ0v) is 19.1. The van der Waals surface area contributed by atoms with E-state index in [2.05, 4.69) is 0 Å². The number of halogens is 2. The molecule has 33 heavy (non-hydrogen) atoms. The van der Waals surface area contributed by atoms with Gasteiger partial charge in [0.1, 0.15) is 17.5 Å². The molecule has 10 heteroatoms. The Balaban J connectivity index is 1.65. The topological polar surface area (TPSA) is 87.2 Å². The first-order valence-electron chi connectivity index (χ1n) is 10.6. The fourth-order valence-electron chi connectivity index (χ4n) is 4.37. The minimum Gasteiger partial charge on any atom is -0.485 e. The number of hydrogen-bond acceptors (Lipinski definition) is 6. The van der Waals surface area contributed by atoms with Crippen molar-refractivity contribution >= 4 is 15.7 Å². The number of alkyl halides is 2. The predicted molar refractivity (Wildman–Crippen MR) is 117 cm³/mol. The lowest BCUT2D eigenvalue weighted by Gasteiger charge is -2.48. The molecule has 2 atom stereocenters. The summed E-state index contributed by atoms with van der Waals surface area (Å²) in [5, 5.41) is 11.1. The summed E-state index contributed by atoms with van der Waals surface area (Å²) < 4.78 is 56.2. The summed E-state index contributed by atoms with van der Waals surface area (Å²) in [5.74, 6) is -3.57. The highest BCUT2D eigenvalue weighted by Crippen LogP contribution is 2.44. The van der Waals surface area contributed by atoms with Crippen LogP contribution in [0.2, 0.25) is 0 Å². The number of carbonyl (C=O) groups is 1. The van der Waals surface area contributed by atoms with Gasteiger partial charge in [0.05, 0.1) is 17.5 Å². The van der Waals surface area contributed by atoms with Crippen molar-refractivity contribution in [2.24, 2.45) is 0 Å². The van der Waals surface area contributed by atoms with Gasteiger partial charge in [0.2, 0.25) is 15.7 Å². The maximum absolute atomic E-state index is 13.1. The first-order chi connectivity index (χ1) is 15.5. The van der Waals surface area contributed by atoms with Crippen LogP contribution in [-0.2, 0) is 21.2 Å². The Kier molecular flexibility index (Phi) is 6.19. The Hall–Kier alpha value is -2.56. The average Bonchev–Trinajstić information content (AvgIpc) is 2.76. The smallest absolute Gasteiger partial charge is 0.341 e. The summed E-state index contributed by atoms with van der Waals surface area (Å²) in [6.45, 7) is 4.85. The molecule has 2 aliphatic rings. The van der Waals surface area contributed by atoms with Crippen LogP contribution < -0.4 is 4.74 Å². The van der Waals surface area contributed by atoms with Gasteiger partial charge in [0.25, 0.3) is 0 Å². The molecule has 2 aliphatic heterocycles. The van der Waals surface area contributed by atoms with Crippen molar-refractivity contribution in [2.45, 2.75) is 48.8 Å². The molecule has 0 radical (unpaired) electrons. The zero-order chi connectivity index (χ0) is 24.0. The van der Waals surface area contributed by atoms with E-state index in [1.54, 1.807) is 13.8 Å². The van der Waals surface area contributed by atoms with Gasteiger partial charge in [-0.1, -0.05) is 30.3 Å². The van der Waals surface area contributed by atoms with Crippen molar-refractivity contribution in [1.82, 2.24) is 9.80 Å². The van der Waals surface area contributed by atoms with Gasteiger partial charge in [-0.2, -0.15) is 8.78 Å². The number of amides is 1. The van der Waals surface area contributed by atoms with E-state index in [-0.39, 0.29) is 30.3 Å². The standard InChI is InChI=1S/C23H26F2N2O5S/c1-23(2)21(29)20(17-12-16(8-9-18(17)32-23)33(30,31)22(24)25)27-11-10-26(14-19(27)28)13-15-6-4-3-5-7-15/h3-9,12,20-22,29H,10-11,13-14H2,1-2H3. The quantitative estimate of drug-likeness (QED) is 0.708. The van der Waals surface area contributed by atoms with Crippen molar-refractivity contribution < 1.29 is 31.8 Å². The molecule has 2 heterocycles. The molecule has 1 saturated heterocycles. The van der Waals surface area contributed by atoms with Gasteiger partial charge in [-0.15, -0.1) is 0 Å². The molecule has 2 aromatic rings. The molecule has 0 saturated carbocycles. The van der Waals surface area contributed by atoms with Crippen molar-refractivity contribution in [3.8, 4) is 5.75 Å². The molecule has 4 rings (SSSR count). The van der Waals surface area contributed by atoms with E-state index < -0.39 is 38.2 Å². The van der Waals surface area contributed by atoms with Crippen LogP contribution in [-0.4, -0.2) is 66.3 Å². The van der Waals surface area contributed by atoms with Gasteiger partial charge in [-0.05, 0) is 37.6 Å². The van der Waals surface area contributed by atoms with Crippen molar-refractivity contribution in [1.29, 1.82) is 0 Å². The highest BCUT2D eigenvalue weighted by Gasteiger charge is 2.48. The van der Waals surface area contributed by atoms with Crippen LogP contribution in [0.3, 0.4) is 0 Å². The highest BCUT2D eigenvalue weighted by atomic mass is 32.2. The fraction of sp³-hybridized carbons (Fsp3) is 0.435. The minimum absolute atomic E-state index is 0.115. The Bertz CT molecular complexity index is 1140. The second-order valence-electron chi connectivity index (χ2n) is 8.88. The summed E-state index contributed by atoms with van der Waals surface area (Å²) in [6.07, 6.45) is -1.20. The van der Waals surface area contributed by atoms with E-state index >= 15 is 0 Å². The molecular formula is C23H26F2N2O5S. The molecule has 2 unspecified atom stereocenters. The number of sulfone groups is 1. The normalized spacial score (nSPS) is 23.3. The second kappa shape index (κ2) is 8.66. The van der Waals surface area contributed by atoms with Crippen LogP contribution in [0.4, 0.5) is 8.78 Å². The fourth-order valence-corrected chi connectivity index (χ4v) is 5.12. The van der Waals surface area contributed by atoms with Gasteiger partial charge in [-0.3, -0.25) is 9.69 Å². The predicted octanol–water partition coefficient (Wildman–Crippen LogP) is 2.60. The number of nitrogens with zero attached hydrogens (tertiary/aromatic N) is 2. The number of aliphatic hydroxyl groups excluding tert-OH is 1. The number of benzene rings is 2. The Morgan fingerprint density at radius 2 is 1.85 bits per heavy atom. The highest BCUT2D eigenvalue weighted by molar-refractivity contribution is 7.91. The number of hydrogen-bond donors (Lipinski definition) is 1. The largest absolute Gasteiger partial charge is 0.485 e. The second-order valence-corrected chi connectivity index (χ2v) is 10.8.